The van der Waals surface area contributed by atoms with Crippen LogP contribution in [0.1, 0.15) is 0 Å². The van der Waals surface area contributed by atoms with Crippen LogP contribution in [0.5, 0.6) is 0 Å². The first-order valence-corrected chi connectivity index (χ1v) is 0. The van der Waals surface area contributed by atoms with Gasteiger partial charge in [0.1, 0.15) is 0 Å². The van der Waals surface area contributed by atoms with E-state index in [9.17, 15) is 0 Å². The van der Waals surface area contributed by atoms with E-state index in [1.807, 2.05) is 0 Å². The van der Waals surface area contributed by atoms with Gasteiger partial charge in [0.15, 0.2) is 0 Å². The van der Waals surface area contributed by atoms with Crippen molar-refractivity contribution < 1.29 is 68.7 Å². The van der Waals surface area contributed by atoms with Crippen molar-refractivity contribution in [3.05, 3.63) is 0 Å². The predicted octanol–water partition coefficient (Wildman–Crippen LogP) is -4.12. The summed E-state index contributed by atoms with van der Waals surface area (Å²) in [6, 6.07) is 0. The van der Waals surface area contributed by atoms with Crippen molar-refractivity contribution in [3.63, 3.8) is 0 Å². The maximum atomic E-state index is 0. The van der Waals surface area contributed by atoms with Crippen LogP contribution in [0, 0.1) is 41.3 Å². The van der Waals surface area contributed by atoms with Crippen molar-refractivity contribution in [2.75, 3.05) is 0 Å². The number of rotatable bonds is 0. The molecule has 1 radical (unpaired) electrons. The van der Waals surface area contributed by atoms with Crippen LogP contribution in [-0.2, 0) is 0 Å². The Balaban J connectivity index is 0. The molecule has 0 saturated carbocycles. The molecule has 6 heavy (non-hydrogen) atoms. The molecule has 0 aliphatic rings. The molecule has 0 spiro atoms. The molecule has 0 bridgehead atoms. The maximum absolute atomic E-state index is 0. The van der Waals surface area contributed by atoms with Crippen LogP contribution < -0.4 is 0 Å². The quantitative estimate of drug-likeness (QED) is 0.396. The van der Waals surface area contributed by atoms with Gasteiger partial charge >= 0.3 is 0 Å². The fraction of sp³-hybridized carbons (Fsp3) is 0. The van der Waals surface area contributed by atoms with E-state index in [1.54, 1.807) is 0 Å². The Kier molecular flexibility index (Phi) is 4070. The van der Waals surface area contributed by atoms with Crippen molar-refractivity contribution in [3.8, 4) is 0 Å². The van der Waals surface area contributed by atoms with Gasteiger partial charge in [0.05, 0.1) is 0 Å². The predicted molar refractivity (Wildman–Crippen MR) is 18.1 cm³/mol. The maximum Gasteiger partial charge on any atom is 0 e. The fourth-order valence-electron chi connectivity index (χ4n) is 0. The fourth-order valence-corrected chi connectivity index (χ4v) is 0. The molecule has 0 rings (SSSR count). The van der Waals surface area contributed by atoms with Crippen molar-refractivity contribution in [1.82, 2.24) is 0 Å². The Hall–Kier alpha value is 1.16. The second-order valence-electron chi connectivity index (χ2n) is 0. The average Bonchev–Trinajstić information content (AvgIpc) is 0. The van der Waals surface area contributed by atoms with Crippen molar-refractivity contribution in [2.24, 2.45) is 0 Å². The van der Waals surface area contributed by atoms with Crippen LogP contribution in [0.4, 0.5) is 0 Å². The van der Waals surface area contributed by atoms with Crippen LogP contribution in [0.2, 0.25) is 0 Å². The smallest absolute Gasteiger partial charge is 0 e. The average molecular weight is 231 g/mol. The monoisotopic (exact) mass is 231 g/mol. The SMILES string of the molecule is O.O.O.O.O.[Pr]. The standard InChI is InChI=1S/5H2O.Pr/h5*1H2;. The van der Waals surface area contributed by atoms with E-state index < -0.39 is 0 Å². The van der Waals surface area contributed by atoms with Gasteiger partial charge < -0.3 is 27.4 Å². The van der Waals surface area contributed by atoms with Crippen LogP contribution >= 0.6 is 0 Å². The second kappa shape index (κ2) is 121. The summed E-state index contributed by atoms with van der Waals surface area (Å²) in [6.07, 6.45) is 0. The third-order valence-electron chi connectivity index (χ3n) is 0. The molecular weight excluding hydrogens is 221 g/mol. The Morgan fingerprint density at radius 1 is 0.333 bits per heavy atom. The molecule has 43 valence electrons. The van der Waals surface area contributed by atoms with E-state index in [1.165, 1.54) is 0 Å². The number of hydrogen-bond acceptors (Lipinski definition) is 0. The molecule has 0 aliphatic heterocycles. The summed E-state index contributed by atoms with van der Waals surface area (Å²) in [5.74, 6) is 0. The van der Waals surface area contributed by atoms with Gasteiger partial charge in [0.2, 0.25) is 0 Å². The third kappa shape index (κ3) is 66.1. The summed E-state index contributed by atoms with van der Waals surface area (Å²) in [4.78, 5) is 0. The van der Waals surface area contributed by atoms with E-state index in [-0.39, 0.29) is 68.7 Å². The summed E-state index contributed by atoms with van der Waals surface area (Å²) >= 11 is 0. The molecule has 0 unspecified atom stereocenters. The molecule has 0 amide bonds. The first kappa shape index (κ1) is 201. The van der Waals surface area contributed by atoms with Crippen molar-refractivity contribution in [1.29, 1.82) is 0 Å². The Labute approximate surface area is 68.2 Å². The first-order valence-electron chi connectivity index (χ1n) is 0. The molecular formula is H10O5Pr. The summed E-state index contributed by atoms with van der Waals surface area (Å²) < 4.78 is 0. The van der Waals surface area contributed by atoms with Crippen LogP contribution in [-0.4, -0.2) is 27.4 Å². The Bertz CT molecular complexity index is 3.90. The van der Waals surface area contributed by atoms with Gasteiger partial charge in [-0.2, -0.15) is 0 Å². The molecule has 0 aliphatic carbocycles. The van der Waals surface area contributed by atoms with E-state index in [0.29, 0.717) is 0 Å². The van der Waals surface area contributed by atoms with Crippen LogP contribution in [0.25, 0.3) is 0 Å². The zero-order valence-electron chi connectivity index (χ0n) is 3.08. The van der Waals surface area contributed by atoms with Crippen LogP contribution in [0.15, 0.2) is 0 Å². The Morgan fingerprint density at radius 2 is 0.333 bits per heavy atom. The third-order valence-corrected chi connectivity index (χ3v) is 0. The largest absolute Gasteiger partial charge is 0.412 e. The summed E-state index contributed by atoms with van der Waals surface area (Å²) in [5.41, 5.74) is 0. The minimum absolute atomic E-state index is 0. The summed E-state index contributed by atoms with van der Waals surface area (Å²) in [6.45, 7) is 0. The van der Waals surface area contributed by atoms with Gasteiger partial charge in [0.25, 0.3) is 0 Å². The van der Waals surface area contributed by atoms with Crippen LogP contribution in [0.3, 0.4) is 0 Å². The van der Waals surface area contributed by atoms with Crippen molar-refractivity contribution in [2.45, 2.75) is 0 Å². The molecule has 10 N–H and O–H groups in total. The number of hydrogen-bond donors (Lipinski definition) is 0. The Morgan fingerprint density at radius 3 is 0.333 bits per heavy atom. The molecule has 0 fully saturated rings. The summed E-state index contributed by atoms with van der Waals surface area (Å²) in [5, 5.41) is 0. The zero-order valence-corrected chi connectivity index (χ0v) is 6.78. The molecule has 5 nitrogen and oxygen atoms in total. The van der Waals surface area contributed by atoms with Gasteiger partial charge in [0, 0.05) is 41.3 Å². The van der Waals surface area contributed by atoms with E-state index >= 15 is 0 Å². The van der Waals surface area contributed by atoms with Gasteiger partial charge in [-0.15, -0.1) is 0 Å². The molecule has 0 aromatic heterocycles. The molecule has 0 aromatic carbocycles. The minimum atomic E-state index is 0. The van der Waals surface area contributed by atoms with E-state index in [4.69, 9.17) is 0 Å². The molecule has 6 heteroatoms. The van der Waals surface area contributed by atoms with Gasteiger partial charge in [-0.05, 0) is 0 Å². The topological polar surface area (TPSA) is 158 Å². The summed E-state index contributed by atoms with van der Waals surface area (Å²) in [7, 11) is 0. The van der Waals surface area contributed by atoms with Crippen molar-refractivity contribution >= 4 is 0 Å². The molecule has 0 atom stereocenters. The second-order valence-corrected chi connectivity index (χ2v) is 0. The zero-order chi connectivity index (χ0) is 0. The van der Waals surface area contributed by atoms with E-state index in [2.05, 4.69) is 0 Å². The molecule has 0 aromatic rings. The van der Waals surface area contributed by atoms with Gasteiger partial charge in [-0.25, -0.2) is 0 Å². The van der Waals surface area contributed by atoms with Gasteiger partial charge in [-0.3, -0.25) is 0 Å². The van der Waals surface area contributed by atoms with Gasteiger partial charge in [-0.1, -0.05) is 0 Å². The normalized spacial score (nSPS) is 0. The molecule has 0 heterocycles. The first-order chi connectivity index (χ1) is 0. The minimum Gasteiger partial charge on any atom is -0.412 e. The van der Waals surface area contributed by atoms with E-state index in [0.717, 1.165) is 0 Å². The molecule has 0 saturated heterocycles.